The molecular formula is C36H40BrCl3N6O4. The van der Waals surface area contributed by atoms with Gasteiger partial charge >= 0.3 is 12.2 Å². The SMILES string of the molecule is CC(C)(C)OC(=O)NC1CCc2cc(-c3ccnc(Cl)n3)ccc21.CC(C)(C)OC(=O)NC1CCc2cc(Br)ccc21.Clc1ccnc(Cl)n1. The molecule has 2 N–H and O–H groups in total. The molecule has 50 heavy (non-hydrogen) atoms. The Labute approximate surface area is 316 Å². The minimum atomic E-state index is -0.498. The molecule has 2 amide bonds. The number of fused-ring (bicyclic) bond motifs is 2. The molecular weight excluding hydrogens is 767 g/mol. The van der Waals surface area contributed by atoms with Crippen molar-refractivity contribution < 1.29 is 19.1 Å². The second kappa shape index (κ2) is 17.1. The third-order valence-electron chi connectivity index (χ3n) is 7.30. The Hall–Kier alpha value is -3.51. The van der Waals surface area contributed by atoms with Crippen LogP contribution < -0.4 is 10.6 Å². The molecule has 0 spiro atoms. The van der Waals surface area contributed by atoms with Crippen LogP contribution in [0.3, 0.4) is 0 Å². The Morgan fingerprint density at radius 3 is 1.70 bits per heavy atom. The van der Waals surface area contributed by atoms with Gasteiger partial charge in [0, 0.05) is 22.4 Å². The van der Waals surface area contributed by atoms with Crippen LogP contribution in [0.15, 0.2) is 65.4 Å². The minimum Gasteiger partial charge on any atom is -0.444 e. The lowest BCUT2D eigenvalue weighted by molar-refractivity contribution is 0.0492. The molecule has 2 atom stereocenters. The fraction of sp³-hybridized carbons (Fsp3) is 0.389. The van der Waals surface area contributed by atoms with Crippen LogP contribution in [0.25, 0.3) is 11.3 Å². The number of alkyl carbamates (subject to hydrolysis) is 2. The zero-order valence-electron chi connectivity index (χ0n) is 28.7. The van der Waals surface area contributed by atoms with E-state index in [1.165, 1.54) is 22.9 Å². The van der Waals surface area contributed by atoms with Crippen molar-refractivity contribution in [1.82, 2.24) is 30.6 Å². The number of halogens is 4. The Bertz CT molecular complexity index is 1800. The maximum absolute atomic E-state index is 12.0. The number of rotatable bonds is 3. The molecule has 0 saturated carbocycles. The van der Waals surface area contributed by atoms with Crippen molar-refractivity contribution in [2.45, 2.75) is 90.5 Å². The fourth-order valence-corrected chi connectivity index (χ4v) is 6.26. The van der Waals surface area contributed by atoms with Gasteiger partial charge in [0.25, 0.3) is 0 Å². The summed E-state index contributed by atoms with van der Waals surface area (Å²) in [6.45, 7) is 11.2. The lowest BCUT2D eigenvalue weighted by Crippen LogP contribution is -2.34. The maximum Gasteiger partial charge on any atom is 0.408 e. The lowest BCUT2D eigenvalue weighted by Gasteiger charge is -2.22. The van der Waals surface area contributed by atoms with Crippen LogP contribution in [-0.4, -0.2) is 43.3 Å². The van der Waals surface area contributed by atoms with E-state index in [1.54, 1.807) is 12.3 Å². The number of carbonyl (C=O) groups excluding carboxylic acids is 2. The summed E-state index contributed by atoms with van der Waals surface area (Å²) >= 11 is 20.1. The van der Waals surface area contributed by atoms with Gasteiger partial charge in [-0.1, -0.05) is 45.7 Å². The summed E-state index contributed by atoms with van der Waals surface area (Å²) in [5, 5.41) is 6.66. The molecule has 2 aromatic carbocycles. The summed E-state index contributed by atoms with van der Waals surface area (Å²) in [6, 6.07) is 15.8. The molecule has 0 radical (unpaired) electrons. The number of aryl methyl sites for hydroxylation is 2. The van der Waals surface area contributed by atoms with Crippen LogP contribution in [0.1, 0.15) is 88.7 Å². The van der Waals surface area contributed by atoms with Crippen molar-refractivity contribution in [1.29, 1.82) is 0 Å². The highest BCUT2D eigenvalue weighted by Crippen LogP contribution is 2.35. The first-order valence-electron chi connectivity index (χ1n) is 16.0. The van der Waals surface area contributed by atoms with Gasteiger partial charge in [-0.3, -0.25) is 0 Å². The van der Waals surface area contributed by atoms with Gasteiger partial charge in [-0.05, 0) is 143 Å². The maximum atomic E-state index is 12.0. The van der Waals surface area contributed by atoms with Gasteiger partial charge in [0.1, 0.15) is 16.4 Å². The minimum absolute atomic E-state index is 0.0158. The topological polar surface area (TPSA) is 128 Å². The van der Waals surface area contributed by atoms with Crippen molar-refractivity contribution in [3.05, 3.63) is 103 Å². The average Bonchev–Trinajstić information content (AvgIpc) is 3.58. The van der Waals surface area contributed by atoms with Gasteiger partial charge in [0.2, 0.25) is 10.6 Å². The van der Waals surface area contributed by atoms with Crippen molar-refractivity contribution in [2.24, 2.45) is 0 Å². The summed E-state index contributed by atoms with van der Waals surface area (Å²) in [5.74, 6) is 0. The standard InChI is InChI=1S/C18H20ClN3O2.C14H18BrNO2.C4H2Cl2N2/c1-18(2,3)24-17(23)22-15-7-5-11-10-12(4-6-13(11)15)14-8-9-20-16(19)21-14;1-14(2,3)18-13(17)16-12-7-4-9-8-10(15)5-6-11(9)12;5-3-1-2-7-4(6)8-3/h4,6,8-10,15H,5,7H2,1-3H3,(H,22,23);5-6,8,12H,4,7H2,1-3H3,(H,16,17);1-2H. The summed E-state index contributed by atoms with van der Waals surface area (Å²) < 4.78 is 11.7. The van der Waals surface area contributed by atoms with Crippen molar-refractivity contribution in [2.75, 3.05) is 0 Å². The molecule has 2 heterocycles. The van der Waals surface area contributed by atoms with E-state index in [2.05, 4.69) is 64.7 Å². The van der Waals surface area contributed by atoms with Crippen molar-refractivity contribution in [3.63, 3.8) is 0 Å². The largest absolute Gasteiger partial charge is 0.444 e. The first kappa shape index (κ1) is 39.3. The van der Waals surface area contributed by atoms with E-state index in [4.69, 9.17) is 44.3 Å². The third kappa shape index (κ3) is 12.4. The van der Waals surface area contributed by atoms with Gasteiger partial charge in [0.15, 0.2) is 0 Å². The van der Waals surface area contributed by atoms with Crippen LogP contribution in [0.2, 0.25) is 15.7 Å². The monoisotopic (exact) mass is 804 g/mol. The molecule has 0 aliphatic heterocycles. The number of aromatic nitrogens is 4. The summed E-state index contributed by atoms with van der Waals surface area (Å²) in [4.78, 5) is 39.1. The Kier molecular flexibility index (Phi) is 13.5. The van der Waals surface area contributed by atoms with Crippen LogP contribution in [0, 0.1) is 0 Å². The van der Waals surface area contributed by atoms with Crippen LogP contribution in [0.5, 0.6) is 0 Å². The molecule has 2 unspecified atom stereocenters. The third-order valence-corrected chi connectivity index (χ3v) is 8.37. The van der Waals surface area contributed by atoms with Crippen LogP contribution in [0.4, 0.5) is 9.59 Å². The zero-order chi connectivity index (χ0) is 36.6. The number of ether oxygens (including phenoxy) is 2. The molecule has 10 nitrogen and oxygen atoms in total. The Morgan fingerprint density at radius 1 is 0.720 bits per heavy atom. The normalized spacial score (nSPS) is 16.0. The van der Waals surface area contributed by atoms with E-state index in [0.717, 1.165) is 47.0 Å². The number of nitrogens with one attached hydrogen (secondary N) is 2. The number of nitrogens with zero attached hydrogens (tertiary/aromatic N) is 4. The second-order valence-corrected chi connectivity index (χ2v) is 15.6. The quantitative estimate of drug-likeness (QED) is 0.155. The van der Waals surface area contributed by atoms with Gasteiger partial charge < -0.3 is 20.1 Å². The molecule has 2 aliphatic rings. The van der Waals surface area contributed by atoms with E-state index >= 15 is 0 Å². The lowest BCUT2D eigenvalue weighted by atomic mass is 10.0. The van der Waals surface area contributed by atoms with E-state index < -0.39 is 11.2 Å². The molecule has 0 bridgehead atoms. The summed E-state index contributed by atoms with van der Waals surface area (Å²) in [5.41, 5.74) is 5.67. The fourth-order valence-electron chi connectivity index (χ4n) is 5.37. The molecule has 0 fully saturated rings. The van der Waals surface area contributed by atoms with Crippen LogP contribution in [-0.2, 0) is 22.3 Å². The van der Waals surface area contributed by atoms with Gasteiger partial charge in [0.05, 0.1) is 17.8 Å². The van der Waals surface area contributed by atoms with E-state index in [-0.39, 0.29) is 34.8 Å². The molecule has 0 saturated heterocycles. The first-order chi connectivity index (χ1) is 23.5. The molecule has 2 aromatic heterocycles. The van der Waals surface area contributed by atoms with Gasteiger partial charge in [-0.15, -0.1) is 0 Å². The predicted octanol–water partition coefficient (Wildman–Crippen LogP) is 10.1. The van der Waals surface area contributed by atoms with Gasteiger partial charge in [-0.25, -0.2) is 29.5 Å². The summed E-state index contributed by atoms with van der Waals surface area (Å²) in [6.07, 6.45) is 6.11. The number of hydrogen-bond donors (Lipinski definition) is 2. The second-order valence-electron chi connectivity index (χ2n) is 13.6. The number of amides is 2. The summed E-state index contributed by atoms with van der Waals surface area (Å²) in [7, 11) is 0. The van der Waals surface area contributed by atoms with Gasteiger partial charge in [-0.2, -0.15) is 0 Å². The molecule has 6 rings (SSSR count). The van der Waals surface area contributed by atoms with Crippen molar-refractivity contribution in [3.8, 4) is 11.3 Å². The molecule has 4 aromatic rings. The first-order valence-corrected chi connectivity index (χ1v) is 17.9. The predicted molar refractivity (Wildman–Crippen MR) is 200 cm³/mol. The molecule has 2 aliphatic carbocycles. The Morgan fingerprint density at radius 2 is 1.22 bits per heavy atom. The zero-order valence-corrected chi connectivity index (χ0v) is 32.5. The molecule has 14 heteroatoms. The van der Waals surface area contributed by atoms with E-state index in [0.29, 0.717) is 5.15 Å². The highest BCUT2D eigenvalue weighted by atomic mass is 79.9. The number of carbonyl (C=O) groups is 2. The van der Waals surface area contributed by atoms with E-state index in [9.17, 15) is 9.59 Å². The highest BCUT2D eigenvalue weighted by Gasteiger charge is 2.28. The Balaban J connectivity index is 0.000000189. The molecule has 266 valence electrons. The average molecular weight is 807 g/mol. The van der Waals surface area contributed by atoms with Crippen molar-refractivity contribution >= 4 is 62.9 Å². The van der Waals surface area contributed by atoms with E-state index in [1.807, 2.05) is 65.8 Å². The smallest absolute Gasteiger partial charge is 0.408 e. The number of benzene rings is 2. The van der Waals surface area contributed by atoms with Crippen LogP contribution >= 0.6 is 50.7 Å². The number of hydrogen-bond acceptors (Lipinski definition) is 8. The highest BCUT2D eigenvalue weighted by molar-refractivity contribution is 9.10.